The van der Waals surface area contributed by atoms with Gasteiger partial charge < -0.3 is 6.08 Å². The molecule has 64 valence electrons. The average Bonchev–Trinajstić information content (AvgIpc) is 1.90. The van der Waals surface area contributed by atoms with Crippen LogP contribution in [0.1, 0.15) is 38.5 Å². The van der Waals surface area contributed by atoms with E-state index >= 15 is 0 Å². The van der Waals surface area contributed by atoms with E-state index in [2.05, 4.69) is 21.3 Å². The van der Waals surface area contributed by atoms with Gasteiger partial charge in [-0.25, -0.2) is 0 Å². The van der Waals surface area contributed by atoms with E-state index < -0.39 is 0 Å². The Morgan fingerprint density at radius 3 is 2.60 bits per heavy atom. The molecule has 0 amide bonds. The molecule has 0 spiro atoms. The molecule has 10 heavy (non-hydrogen) atoms. The summed E-state index contributed by atoms with van der Waals surface area (Å²) in [6.07, 6.45) is 13.5. The summed E-state index contributed by atoms with van der Waals surface area (Å²) in [5.74, 6) is 0. The Labute approximate surface area is 79.8 Å². The van der Waals surface area contributed by atoms with Gasteiger partial charge in [0.15, 0.2) is 0 Å². The fraction of sp³-hybridized carbons (Fsp3) is 0.750. The van der Waals surface area contributed by atoms with Gasteiger partial charge in [0.1, 0.15) is 0 Å². The molecule has 0 bridgehead atoms. The zero-order valence-electron chi connectivity index (χ0n) is 6.00. The molecule has 2 heteroatoms. The van der Waals surface area contributed by atoms with Gasteiger partial charge in [-0.15, -0.1) is 0 Å². The number of hydrogen-bond acceptors (Lipinski definition) is 0. The topological polar surface area (TPSA) is 0 Å². The van der Waals surface area contributed by atoms with Crippen LogP contribution in [0.15, 0.2) is 6.08 Å². The van der Waals surface area contributed by atoms with Crippen LogP contribution in [0.3, 0.4) is 0 Å². The van der Waals surface area contributed by atoms with Crippen molar-refractivity contribution < 1.29 is 20.0 Å². The molecule has 0 heterocycles. The molecule has 0 radical (unpaired) electrons. The maximum absolute atomic E-state index is 4.58. The first-order chi connectivity index (χ1) is 5.00. The Morgan fingerprint density at radius 1 is 1.10 bits per heavy atom. The first-order valence-electron chi connectivity index (χ1n) is 3.66. The minimum absolute atomic E-state index is 1.19. The molecule has 1 aliphatic rings. The fourth-order valence-corrected chi connectivity index (χ4v) is 1.03. The SMILES string of the molecule is [C-]1=CCCCCCC1.[Cl][Au]. The third-order valence-corrected chi connectivity index (χ3v) is 1.56. The molecule has 0 unspecified atom stereocenters. The summed E-state index contributed by atoms with van der Waals surface area (Å²) < 4.78 is 0. The van der Waals surface area contributed by atoms with Crippen LogP contribution in [-0.4, -0.2) is 0 Å². The van der Waals surface area contributed by atoms with E-state index in [4.69, 9.17) is 0 Å². The first kappa shape index (κ1) is 10.8. The van der Waals surface area contributed by atoms with Crippen LogP contribution in [0, 0.1) is 6.08 Å². The van der Waals surface area contributed by atoms with Crippen LogP contribution in [0.2, 0.25) is 0 Å². The molecule has 0 aromatic rings. The summed E-state index contributed by atoms with van der Waals surface area (Å²) in [5, 5.41) is 0. The summed E-state index contributed by atoms with van der Waals surface area (Å²) in [6, 6.07) is 0. The summed E-state index contributed by atoms with van der Waals surface area (Å²) in [7, 11) is 4.58. The third kappa shape index (κ3) is 6.88. The summed E-state index contributed by atoms with van der Waals surface area (Å²) >= 11 is 1.75. The van der Waals surface area contributed by atoms with Crippen LogP contribution in [0.25, 0.3) is 0 Å². The van der Waals surface area contributed by atoms with Gasteiger partial charge in [-0.3, -0.25) is 6.08 Å². The van der Waals surface area contributed by atoms with Crippen LogP contribution in [0.5, 0.6) is 0 Å². The number of hydrogen-bond donors (Lipinski definition) is 0. The molecule has 0 N–H and O–H groups in total. The second-order valence-electron chi connectivity index (χ2n) is 2.36. The van der Waals surface area contributed by atoms with Crippen molar-refractivity contribution in [3.63, 3.8) is 0 Å². The van der Waals surface area contributed by atoms with Gasteiger partial charge >= 0.3 is 29.2 Å². The molecule has 0 saturated heterocycles. The Balaban J connectivity index is 0.000000371. The molecule has 0 aromatic heterocycles. The second-order valence-corrected chi connectivity index (χ2v) is 2.36. The van der Waals surface area contributed by atoms with Crippen LogP contribution in [0.4, 0.5) is 0 Å². The second kappa shape index (κ2) is 9.77. The Hall–Kier alpha value is 0.770. The zero-order valence-corrected chi connectivity index (χ0v) is 8.92. The Bertz CT molecular complexity index is 71.3. The van der Waals surface area contributed by atoms with Gasteiger partial charge in [0.05, 0.1) is 0 Å². The van der Waals surface area contributed by atoms with Crippen molar-refractivity contribution in [3.8, 4) is 0 Å². The van der Waals surface area contributed by atoms with Gasteiger partial charge in [0.25, 0.3) is 0 Å². The molecular weight excluding hydrogens is 329 g/mol. The first-order valence-corrected chi connectivity index (χ1v) is 6.35. The van der Waals surface area contributed by atoms with Crippen molar-refractivity contribution in [3.05, 3.63) is 12.2 Å². The van der Waals surface area contributed by atoms with Gasteiger partial charge in [-0.1, -0.05) is 32.1 Å². The molecule has 0 aliphatic heterocycles. The van der Waals surface area contributed by atoms with E-state index in [-0.39, 0.29) is 0 Å². The van der Waals surface area contributed by atoms with E-state index in [0.29, 0.717) is 0 Å². The van der Waals surface area contributed by atoms with E-state index in [1.165, 1.54) is 38.5 Å². The Morgan fingerprint density at radius 2 is 1.80 bits per heavy atom. The predicted molar refractivity (Wildman–Crippen MR) is 41.4 cm³/mol. The quantitative estimate of drug-likeness (QED) is 0.468. The summed E-state index contributed by atoms with van der Waals surface area (Å²) in [5.41, 5.74) is 0. The molecule has 1 aliphatic carbocycles. The monoisotopic (exact) mass is 341 g/mol. The summed E-state index contributed by atoms with van der Waals surface area (Å²) in [4.78, 5) is 0. The molecule has 0 saturated carbocycles. The summed E-state index contributed by atoms with van der Waals surface area (Å²) in [6.45, 7) is 0. The molecule has 0 atom stereocenters. The average molecular weight is 342 g/mol. The Kier molecular flexibility index (Phi) is 10.5. The zero-order chi connectivity index (χ0) is 7.66. The minimum atomic E-state index is 1.19. The van der Waals surface area contributed by atoms with Crippen LogP contribution < -0.4 is 0 Å². The molecule has 1 rings (SSSR count). The molecule has 0 fully saturated rings. The van der Waals surface area contributed by atoms with Crippen molar-refractivity contribution >= 4 is 9.19 Å². The van der Waals surface area contributed by atoms with Gasteiger partial charge in [0.2, 0.25) is 0 Å². The number of allylic oxidation sites excluding steroid dienone is 2. The fourth-order valence-electron chi connectivity index (χ4n) is 1.03. The van der Waals surface area contributed by atoms with Crippen molar-refractivity contribution in [2.45, 2.75) is 38.5 Å². The van der Waals surface area contributed by atoms with Crippen LogP contribution in [-0.2, 0) is 20.0 Å². The van der Waals surface area contributed by atoms with Crippen LogP contribution >= 0.6 is 9.19 Å². The van der Waals surface area contributed by atoms with Crippen molar-refractivity contribution in [1.82, 2.24) is 0 Å². The number of rotatable bonds is 0. The van der Waals surface area contributed by atoms with Gasteiger partial charge in [0, 0.05) is 0 Å². The number of halogens is 1. The van der Waals surface area contributed by atoms with E-state index in [1.807, 2.05) is 0 Å². The molecule has 0 nitrogen and oxygen atoms in total. The normalized spacial score (nSPS) is 18.3. The predicted octanol–water partition coefficient (Wildman–Crippen LogP) is 3.39. The van der Waals surface area contributed by atoms with Gasteiger partial charge in [-0.2, -0.15) is 6.42 Å². The van der Waals surface area contributed by atoms with E-state index in [9.17, 15) is 0 Å². The van der Waals surface area contributed by atoms with Crippen molar-refractivity contribution in [1.29, 1.82) is 0 Å². The van der Waals surface area contributed by atoms with Gasteiger partial charge in [-0.05, 0) is 0 Å². The maximum atomic E-state index is 4.58. The van der Waals surface area contributed by atoms with E-state index in [0.717, 1.165) is 0 Å². The standard InChI is InChI=1S/C8H13.Au.ClH/c1-2-4-6-8-7-5-3-1;;/h1H,2,4-8H2;;1H/q-1;+1;/p-1. The molecule has 0 aromatic carbocycles. The van der Waals surface area contributed by atoms with Crippen molar-refractivity contribution in [2.24, 2.45) is 0 Å². The molecular formula is C8H13AuCl-. The van der Waals surface area contributed by atoms with E-state index in [1.54, 1.807) is 20.0 Å². The third-order valence-electron chi connectivity index (χ3n) is 1.56. The van der Waals surface area contributed by atoms with Crippen molar-refractivity contribution in [2.75, 3.05) is 0 Å².